The minimum absolute atomic E-state index is 0.0835. The Morgan fingerprint density at radius 1 is 0.339 bits per heavy atom. The molecule has 0 aromatic carbocycles. The van der Waals surface area contributed by atoms with E-state index < -0.39 is 6.10 Å². The van der Waals surface area contributed by atoms with Crippen LogP contribution in [0.2, 0.25) is 0 Å². The van der Waals surface area contributed by atoms with Crippen molar-refractivity contribution < 1.29 is 28.6 Å². The molecule has 0 aliphatic heterocycles. The Morgan fingerprint density at radius 2 is 0.629 bits per heavy atom. The molecule has 0 aromatic rings. The number of hydrogen-bond donors (Lipinski definition) is 0. The fourth-order valence-electron chi connectivity index (χ4n) is 7.57. The Morgan fingerprint density at radius 3 is 1.02 bits per heavy atom. The monoisotopic (exact) mass is 869 g/mol. The molecule has 1 unspecified atom stereocenters. The molecule has 0 aliphatic rings. The molecule has 0 aliphatic carbocycles. The van der Waals surface area contributed by atoms with Gasteiger partial charge < -0.3 is 14.2 Å². The van der Waals surface area contributed by atoms with Crippen LogP contribution in [0.3, 0.4) is 0 Å². The normalized spacial score (nSPS) is 12.4. The molecule has 0 heterocycles. The van der Waals surface area contributed by atoms with Gasteiger partial charge in [0.25, 0.3) is 0 Å². The van der Waals surface area contributed by atoms with Gasteiger partial charge >= 0.3 is 17.9 Å². The Labute approximate surface area is 384 Å². The van der Waals surface area contributed by atoms with Gasteiger partial charge in [0, 0.05) is 19.3 Å². The number of carbonyl (C=O) groups is 3. The molecular weight excluding hydrogens is 769 g/mol. The van der Waals surface area contributed by atoms with Crippen LogP contribution >= 0.6 is 0 Å². The lowest BCUT2D eigenvalue weighted by atomic mass is 10.0. The van der Waals surface area contributed by atoms with E-state index in [4.69, 9.17) is 14.2 Å². The van der Waals surface area contributed by atoms with E-state index in [0.717, 1.165) is 83.5 Å². The summed E-state index contributed by atoms with van der Waals surface area (Å²) in [6.07, 6.45) is 61.4. The maximum Gasteiger partial charge on any atom is 0.306 e. The van der Waals surface area contributed by atoms with Gasteiger partial charge in [0.15, 0.2) is 6.10 Å². The highest BCUT2D eigenvalue weighted by Gasteiger charge is 2.19. The summed E-state index contributed by atoms with van der Waals surface area (Å²) in [6.45, 7) is 6.45. The lowest BCUT2D eigenvalue weighted by Crippen LogP contribution is -2.30. The zero-order chi connectivity index (χ0) is 45.1. The molecule has 0 radical (unpaired) electrons. The second kappa shape index (κ2) is 51.0. The van der Waals surface area contributed by atoms with Gasteiger partial charge in [0.05, 0.1) is 0 Å². The predicted molar refractivity (Wildman–Crippen MR) is 265 cm³/mol. The Bertz CT molecular complexity index is 1090. The van der Waals surface area contributed by atoms with Crippen molar-refractivity contribution in [3.05, 3.63) is 48.6 Å². The summed E-state index contributed by atoms with van der Waals surface area (Å²) in [4.78, 5) is 37.7. The molecule has 6 nitrogen and oxygen atoms in total. The second-order valence-corrected chi connectivity index (χ2v) is 17.8. The molecule has 360 valence electrons. The van der Waals surface area contributed by atoms with Crippen LogP contribution < -0.4 is 0 Å². The van der Waals surface area contributed by atoms with Gasteiger partial charge in [-0.1, -0.05) is 223 Å². The first-order valence-corrected chi connectivity index (χ1v) is 26.6. The van der Waals surface area contributed by atoms with Crippen molar-refractivity contribution in [2.75, 3.05) is 13.2 Å². The van der Waals surface area contributed by atoms with Crippen molar-refractivity contribution >= 4 is 17.9 Å². The third-order valence-corrected chi connectivity index (χ3v) is 11.6. The number of esters is 3. The maximum absolute atomic E-state index is 12.7. The molecule has 0 bridgehead atoms. The highest BCUT2D eigenvalue weighted by atomic mass is 16.6. The average molecular weight is 869 g/mol. The predicted octanol–water partition coefficient (Wildman–Crippen LogP) is 17.5. The van der Waals surface area contributed by atoms with Crippen molar-refractivity contribution in [2.45, 2.75) is 277 Å². The van der Waals surface area contributed by atoms with Crippen LogP contribution in [0.5, 0.6) is 0 Å². The lowest BCUT2D eigenvalue weighted by Gasteiger charge is -2.18. The number of ether oxygens (including phenoxy) is 3. The van der Waals surface area contributed by atoms with E-state index in [0.29, 0.717) is 19.3 Å². The van der Waals surface area contributed by atoms with Crippen molar-refractivity contribution in [3.63, 3.8) is 0 Å². The molecule has 0 amide bonds. The smallest absolute Gasteiger partial charge is 0.306 e. The lowest BCUT2D eigenvalue weighted by molar-refractivity contribution is -0.167. The largest absolute Gasteiger partial charge is 0.462 e. The van der Waals surface area contributed by atoms with E-state index in [1.54, 1.807) is 0 Å². The van der Waals surface area contributed by atoms with Gasteiger partial charge in [-0.25, -0.2) is 0 Å². The molecule has 62 heavy (non-hydrogen) atoms. The Balaban J connectivity index is 4.09. The van der Waals surface area contributed by atoms with E-state index in [1.165, 1.54) is 148 Å². The quantitative estimate of drug-likeness (QED) is 0.0262. The fraction of sp³-hybridized carbons (Fsp3) is 0.804. The third-order valence-electron chi connectivity index (χ3n) is 11.6. The van der Waals surface area contributed by atoms with Gasteiger partial charge in [-0.05, 0) is 77.0 Å². The summed E-state index contributed by atoms with van der Waals surface area (Å²) in [5, 5.41) is 0. The molecule has 0 N–H and O–H groups in total. The van der Waals surface area contributed by atoms with Crippen molar-refractivity contribution in [3.8, 4) is 0 Å². The number of allylic oxidation sites excluding steroid dienone is 8. The molecule has 0 saturated carbocycles. The SMILES string of the molecule is CC/C=C\C/C=C\C/C=C\CCCCCC(=O)OC(COC(=O)CCCCCCCC)COC(=O)CCCCCCCCCCCCCCC/C=C\CCCCCCCCCC. The summed E-state index contributed by atoms with van der Waals surface area (Å²) >= 11 is 0. The molecule has 6 heteroatoms. The van der Waals surface area contributed by atoms with Gasteiger partial charge in [-0.15, -0.1) is 0 Å². The van der Waals surface area contributed by atoms with Gasteiger partial charge in [0.2, 0.25) is 0 Å². The zero-order valence-electron chi connectivity index (χ0n) is 41.1. The summed E-state index contributed by atoms with van der Waals surface area (Å²) in [6, 6.07) is 0. The minimum Gasteiger partial charge on any atom is -0.462 e. The third kappa shape index (κ3) is 48.4. The summed E-state index contributed by atoms with van der Waals surface area (Å²) in [5.41, 5.74) is 0. The minimum atomic E-state index is -0.783. The topological polar surface area (TPSA) is 78.9 Å². The number of carbonyl (C=O) groups excluding carboxylic acids is 3. The number of unbranched alkanes of at least 4 members (excludes halogenated alkanes) is 29. The zero-order valence-corrected chi connectivity index (χ0v) is 41.1. The Kier molecular flexibility index (Phi) is 48.8. The summed E-state index contributed by atoms with van der Waals surface area (Å²) < 4.78 is 16.7. The van der Waals surface area contributed by atoms with Crippen molar-refractivity contribution in [1.82, 2.24) is 0 Å². The van der Waals surface area contributed by atoms with Crippen LogP contribution in [-0.4, -0.2) is 37.2 Å². The number of hydrogen-bond acceptors (Lipinski definition) is 6. The van der Waals surface area contributed by atoms with Gasteiger partial charge in [-0.2, -0.15) is 0 Å². The van der Waals surface area contributed by atoms with Crippen LogP contribution in [0.4, 0.5) is 0 Å². The average Bonchev–Trinajstić information content (AvgIpc) is 3.27. The standard InChI is InChI=1S/C56H100O6/c1-4-7-10-13-16-18-20-22-23-24-25-26-27-28-29-30-31-32-33-35-36-38-40-43-46-49-55(58)61-52-53(51-60-54(57)48-45-42-15-12-9-6-3)62-56(59)50-47-44-41-39-37-34-21-19-17-14-11-8-5-2/h8,11,17,19,24-25,34,37,53H,4-7,9-10,12-16,18,20-23,26-33,35-36,38-52H2,1-3H3/b11-8-,19-17-,25-24-,37-34-. The van der Waals surface area contributed by atoms with Crippen molar-refractivity contribution in [1.29, 1.82) is 0 Å². The number of rotatable bonds is 48. The van der Waals surface area contributed by atoms with E-state index in [2.05, 4.69) is 69.4 Å². The van der Waals surface area contributed by atoms with Gasteiger partial charge in [0.1, 0.15) is 13.2 Å². The summed E-state index contributed by atoms with van der Waals surface area (Å²) in [7, 11) is 0. The van der Waals surface area contributed by atoms with Crippen LogP contribution in [0.25, 0.3) is 0 Å². The highest BCUT2D eigenvalue weighted by Crippen LogP contribution is 2.15. The molecule has 0 aromatic heterocycles. The van der Waals surface area contributed by atoms with E-state index in [1.807, 2.05) is 0 Å². The van der Waals surface area contributed by atoms with Gasteiger partial charge in [-0.3, -0.25) is 14.4 Å². The van der Waals surface area contributed by atoms with Crippen LogP contribution in [-0.2, 0) is 28.6 Å². The maximum atomic E-state index is 12.7. The fourth-order valence-corrected chi connectivity index (χ4v) is 7.57. The summed E-state index contributed by atoms with van der Waals surface area (Å²) in [5.74, 6) is -0.918. The van der Waals surface area contributed by atoms with Crippen LogP contribution in [0.15, 0.2) is 48.6 Å². The van der Waals surface area contributed by atoms with Crippen LogP contribution in [0.1, 0.15) is 271 Å². The molecule has 0 fully saturated rings. The molecule has 0 spiro atoms. The van der Waals surface area contributed by atoms with E-state index in [9.17, 15) is 14.4 Å². The molecule has 0 rings (SSSR count). The van der Waals surface area contributed by atoms with E-state index >= 15 is 0 Å². The first kappa shape index (κ1) is 59.4. The first-order chi connectivity index (χ1) is 30.5. The highest BCUT2D eigenvalue weighted by molar-refractivity contribution is 5.71. The second-order valence-electron chi connectivity index (χ2n) is 17.8. The van der Waals surface area contributed by atoms with Crippen molar-refractivity contribution in [2.24, 2.45) is 0 Å². The molecular formula is C56H100O6. The first-order valence-electron chi connectivity index (χ1n) is 26.6. The molecule has 1 atom stereocenters. The van der Waals surface area contributed by atoms with Crippen LogP contribution in [0, 0.1) is 0 Å². The molecule has 0 saturated heterocycles. The van der Waals surface area contributed by atoms with E-state index in [-0.39, 0.29) is 31.1 Å². The Hall–Kier alpha value is -2.63.